The van der Waals surface area contributed by atoms with E-state index in [9.17, 15) is 4.79 Å². The molecule has 2 N–H and O–H groups in total. The summed E-state index contributed by atoms with van der Waals surface area (Å²) in [4.78, 5) is 11.6. The van der Waals surface area contributed by atoms with Crippen molar-refractivity contribution in [2.45, 2.75) is 26.3 Å². The van der Waals surface area contributed by atoms with Gasteiger partial charge >= 0.3 is 5.97 Å². The highest BCUT2D eigenvalue weighted by atomic mass is 16.5. The normalized spacial score (nSPS) is 11.6. The van der Waals surface area contributed by atoms with Crippen molar-refractivity contribution >= 4 is 5.97 Å². The number of esters is 1. The predicted molar refractivity (Wildman–Crippen MR) is 64.3 cm³/mol. The van der Waals surface area contributed by atoms with Gasteiger partial charge in [-0.25, -0.2) is 4.79 Å². The van der Waals surface area contributed by atoms with Gasteiger partial charge in [-0.2, -0.15) is 5.26 Å². The van der Waals surface area contributed by atoms with Gasteiger partial charge in [-0.05, 0) is 37.1 Å². The zero-order chi connectivity index (χ0) is 12.8. The minimum absolute atomic E-state index is 0.0568. The fourth-order valence-corrected chi connectivity index (χ4v) is 1.59. The van der Waals surface area contributed by atoms with Crippen LogP contribution in [0.3, 0.4) is 0 Å². The summed E-state index contributed by atoms with van der Waals surface area (Å²) in [6.45, 7) is 3.93. The standard InChI is InChI=1S/C13H16N2O2/c1-9-8-11(4-5-12(9)10(2)15)13(16)17-7-3-6-14/h4-5,8,10H,3,7,15H2,1-2H3. The third-order valence-corrected chi connectivity index (χ3v) is 2.44. The van der Waals surface area contributed by atoms with E-state index in [1.807, 2.05) is 26.0 Å². The van der Waals surface area contributed by atoms with Crippen molar-refractivity contribution in [1.82, 2.24) is 0 Å². The SMILES string of the molecule is Cc1cc(C(=O)OCCC#N)ccc1C(C)N. The maximum atomic E-state index is 11.6. The van der Waals surface area contributed by atoms with Gasteiger partial charge in [0.05, 0.1) is 18.1 Å². The van der Waals surface area contributed by atoms with Crippen molar-refractivity contribution in [3.8, 4) is 6.07 Å². The van der Waals surface area contributed by atoms with Crippen LogP contribution in [-0.2, 0) is 4.74 Å². The largest absolute Gasteiger partial charge is 0.461 e. The summed E-state index contributed by atoms with van der Waals surface area (Å²) in [5.41, 5.74) is 8.26. The zero-order valence-corrected chi connectivity index (χ0v) is 10.1. The van der Waals surface area contributed by atoms with Crippen molar-refractivity contribution in [1.29, 1.82) is 5.26 Å². The molecule has 0 amide bonds. The molecular weight excluding hydrogens is 216 g/mol. The summed E-state index contributed by atoms with van der Waals surface area (Å²) < 4.78 is 4.93. The summed E-state index contributed by atoms with van der Waals surface area (Å²) in [7, 11) is 0. The van der Waals surface area contributed by atoms with Crippen LogP contribution < -0.4 is 5.73 Å². The van der Waals surface area contributed by atoms with Crippen LogP contribution in [0.15, 0.2) is 18.2 Å². The number of nitrogens with zero attached hydrogens (tertiary/aromatic N) is 1. The Morgan fingerprint density at radius 1 is 1.59 bits per heavy atom. The van der Waals surface area contributed by atoms with Gasteiger partial charge in [0.2, 0.25) is 0 Å². The topological polar surface area (TPSA) is 76.1 Å². The van der Waals surface area contributed by atoms with Crippen molar-refractivity contribution in [3.63, 3.8) is 0 Å². The van der Waals surface area contributed by atoms with E-state index in [1.54, 1.807) is 12.1 Å². The van der Waals surface area contributed by atoms with Gasteiger partial charge in [-0.3, -0.25) is 0 Å². The fourth-order valence-electron chi connectivity index (χ4n) is 1.59. The molecule has 0 bridgehead atoms. The quantitative estimate of drug-likeness (QED) is 0.637. The van der Waals surface area contributed by atoms with E-state index in [2.05, 4.69) is 0 Å². The molecule has 0 aliphatic carbocycles. The monoisotopic (exact) mass is 232 g/mol. The Bertz CT molecular complexity index is 447. The van der Waals surface area contributed by atoms with Crippen LogP contribution in [0.2, 0.25) is 0 Å². The number of rotatable bonds is 4. The third-order valence-electron chi connectivity index (χ3n) is 2.44. The number of carbonyl (C=O) groups is 1. The molecule has 0 aliphatic rings. The first-order valence-electron chi connectivity index (χ1n) is 5.46. The lowest BCUT2D eigenvalue weighted by atomic mass is 10.0. The summed E-state index contributed by atoms with van der Waals surface area (Å²) in [5.74, 6) is -0.403. The van der Waals surface area contributed by atoms with Gasteiger partial charge in [0.25, 0.3) is 0 Å². The Balaban J connectivity index is 2.76. The molecular formula is C13H16N2O2. The van der Waals surface area contributed by atoms with Gasteiger partial charge in [0, 0.05) is 6.04 Å². The first-order chi connectivity index (χ1) is 8.06. The molecule has 1 atom stereocenters. The van der Waals surface area contributed by atoms with E-state index in [0.29, 0.717) is 5.56 Å². The number of hydrogen-bond acceptors (Lipinski definition) is 4. The molecule has 1 aromatic rings. The first kappa shape index (κ1) is 13.2. The Morgan fingerprint density at radius 3 is 2.82 bits per heavy atom. The van der Waals surface area contributed by atoms with Gasteiger partial charge in [-0.1, -0.05) is 6.07 Å². The second kappa shape index (κ2) is 6.02. The minimum atomic E-state index is -0.403. The Morgan fingerprint density at radius 2 is 2.29 bits per heavy atom. The number of carbonyl (C=O) groups excluding carboxylic acids is 1. The molecule has 0 saturated heterocycles. The Kier molecular flexibility index (Phi) is 4.68. The van der Waals surface area contributed by atoms with Crippen LogP contribution in [0.4, 0.5) is 0 Å². The molecule has 0 aliphatic heterocycles. The maximum Gasteiger partial charge on any atom is 0.338 e. The lowest BCUT2D eigenvalue weighted by Crippen LogP contribution is -2.10. The van der Waals surface area contributed by atoms with Gasteiger partial charge in [0.1, 0.15) is 6.61 Å². The molecule has 4 nitrogen and oxygen atoms in total. The molecule has 1 aromatic carbocycles. The lowest BCUT2D eigenvalue weighted by molar-refractivity contribution is 0.0513. The van der Waals surface area contributed by atoms with Gasteiger partial charge < -0.3 is 10.5 Å². The fraction of sp³-hybridized carbons (Fsp3) is 0.385. The van der Waals surface area contributed by atoms with Crippen LogP contribution >= 0.6 is 0 Å². The van der Waals surface area contributed by atoms with E-state index in [0.717, 1.165) is 11.1 Å². The van der Waals surface area contributed by atoms with Crippen molar-refractivity contribution in [2.24, 2.45) is 5.73 Å². The minimum Gasteiger partial charge on any atom is -0.461 e. The summed E-state index contributed by atoms with van der Waals surface area (Å²) in [5, 5.41) is 8.34. The van der Waals surface area contributed by atoms with E-state index in [4.69, 9.17) is 15.7 Å². The molecule has 4 heteroatoms. The van der Waals surface area contributed by atoms with Gasteiger partial charge in [0.15, 0.2) is 0 Å². The summed E-state index contributed by atoms with van der Waals surface area (Å²) in [6.07, 6.45) is 0.211. The average molecular weight is 232 g/mol. The average Bonchev–Trinajstić information content (AvgIpc) is 2.28. The molecule has 0 heterocycles. The molecule has 90 valence electrons. The molecule has 1 rings (SSSR count). The zero-order valence-electron chi connectivity index (χ0n) is 10.1. The van der Waals surface area contributed by atoms with Crippen LogP contribution in [0.25, 0.3) is 0 Å². The van der Waals surface area contributed by atoms with Crippen molar-refractivity contribution < 1.29 is 9.53 Å². The molecule has 0 fully saturated rings. The van der Waals surface area contributed by atoms with Crippen LogP contribution in [0.1, 0.15) is 40.9 Å². The molecule has 17 heavy (non-hydrogen) atoms. The second-order valence-corrected chi connectivity index (χ2v) is 3.90. The van der Waals surface area contributed by atoms with Crippen LogP contribution in [0, 0.1) is 18.3 Å². The van der Waals surface area contributed by atoms with E-state index in [-0.39, 0.29) is 19.1 Å². The predicted octanol–water partition coefficient (Wildman–Crippen LogP) is 2.09. The molecule has 1 unspecified atom stereocenters. The second-order valence-electron chi connectivity index (χ2n) is 3.90. The number of ether oxygens (including phenoxy) is 1. The lowest BCUT2D eigenvalue weighted by Gasteiger charge is -2.11. The number of nitriles is 1. The molecule has 0 radical (unpaired) electrons. The van der Waals surface area contributed by atoms with E-state index >= 15 is 0 Å². The summed E-state index contributed by atoms with van der Waals surface area (Å²) in [6, 6.07) is 7.15. The molecule has 0 saturated carbocycles. The highest BCUT2D eigenvalue weighted by Gasteiger charge is 2.10. The highest BCUT2D eigenvalue weighted by molar-refractivity contribution is 5.89. The maximum absolute atomic E-state index is 11.6. The number of nitrogens with two attached hydrogens (primary N) is 1. The van der Waals surface area contributed by atoms with Gasteiger partial charge in [-0.15, -0.1) is 0 Å². The van der Waals surface area contributed by atoms with Crippen LogP contribution in [-0.4, -0.2) is 12.6 Å². The number of hydrogen-bond donors (Lipinski definition) is 1. The van der Waals surface area contributed by atoms with E-state index < -0.39 is 5.97 Å². The van der Waals surface area contributed by atoms with E-state index in [1.165, 1.54) is 0 Å². The molecule has 0 spiro atoms. The number of aryl methyl sites for hydroxylation is 1. The number of benzene rings is 1. The molecule has 0 aromatic heterocycles. The highest BCUT2D eigenvalue weighted by Crippen LogP contribution is 2.17. The Hall–Kier alpha value is -1.86. The third kappa shape index (κ3) is 3.58. The smallest absolute Gasteiger partial charge is 0.338 e. The first-order valence-corrected chi connectivity index (χ1v) is 5.46. The van der Waals surface area contributed by atoms with Crippen LogP contribution in [0.5, 0.6) is 0 Å². The van der Waals surface area contributed by atoms with Crippen molar-refractivity contribution in [3.05, 3.63) is 34.9 Å². The van der Waals surface area contributed by atoms with Crippen molar-refractivity contribution in [2.75, 3.05) is 6.61 Å². The Labute approximate surface area is 101 Å². The summed E-state index contributed by atoms with van der Waals surface area (Å²) >= 11 is 0.